The van der Waals surface area contributed by atoms with E-state index in [1.54, 1.807) is 12.1 Å². The van der Waals surface area contributed by atoms with E-state index in [4.69, 9.17) is 4.74 Å². The van der Waals surface area contributed by atoms with Gasteiger partial charge in [0.1, 0.15) is 11.6 Å². The molecular formula is C18H17FO3. The summed E-state index contributed by atoms with van der Waals surface area (Å²) in [7, 11) is 0. The minimum absolute atomic E-state index is 0.00726. The standard InChI is InChI=1S/C18H17FO3/c1-11-4-5-14(8-12(11)2)18(21)10-22-15-6-7-16(13(3)20)17(19)9-15/h4-9H,10H2,1-3H3. The third kappa shape index (κ3) is 3.58. The topological polar surface area (TPSA) is 43.4 Å². The number of ether oxygens (including phenoxy) is 1. The minimum atomic E-state index is -0.649. The van der Waals surface area contributed by atoms with E-state index in [1.807, 2.05) is 19.9 Å². The summed E-state index contributed by atoms with van der Waals surface area (Å²) in [5, 5.41) is 0. The Morgan fingerprint density at radius 2 is 1.77 bits per heavy atom. The fourth-order valence-corrected chi connectivity index (χ4v) is 2.02. The molecule has 0 N–H and O–H groups in total. The van der Waals surface area contributed by atoms with E-state index in [-0.39, 0.29) is 29.5 Å². The summed E-state index contributed by atoms with van der Waals surface area (Å²) < 4.78 is 19.0. The van der Waals surface area contributed by atoms with Gasteiger partial charge in [0.05, 0.1) is 5.56 Å². The van der Waals surface area contributed by atoms with Crippen LogP contribution < -0.4 is 4.74 Å². The van der Waals surface area contributed by atoms with E-state index in [0.29, 0.717) is 5.56 Å². The van der Waals surface area contributed by atoms with Crippen molar-refractivity contribution in [1.82, 2.24) is 0 Å². The van der Waals surface area contributed by atoms with Crippen LogP contribution in [0.1, 0.15) is 38.8 Å². The van der Waals surface area contributed by atoms with Gasteiger partial charge in [0.15, 0.2) is 18.2 Å². The molecule has 0 amide bonds. The molecule has 2 aromatic rings. The Labute approximate surface area is 128 Å². The largest absolute Gasteiger partial charge is 0.485 e. The van der Waals surface area contributed by atoms with E-state index in [0.717, 1.165) is 17.2 Å². The molecular weight excluding hydrogens is 283 g/mol. The van der Waals surface area contributed by atoms with Gasteiger partial charge < -0.3 is 4.74 Å². The van der Waals surface area contributed by atoms with Crippen molar-refractivity contribution in [2.45, 2.75) is 20.8 Å². The van der Waals surface area contributed by atoms with Gasteiger partial charge in [-0.25, -0.2) is 4.39 Å². The number of aryl methyl sites for hydroxylation is 2. The Hall–Kier alpha value is -2.49. The van der Waals surface area contributed by atoms with Gasteiger partial charge in [-0.1, -0.05) is 12.1 Å². The second-order valence-corrected chi connectivity index (χ2v) is 5.21. The van der Waals surface area contributed by atoms with Crippen LogP contribution in [0, 0.1) is 19.7 Å². The van der Waals surface area contributed by atoms with Crippen molar-refractivity contribution in [3.63, 3.8) is 0 Å². The fraction of sp³-hybridized carbons (Fsp3) is 0.222. The van der Waals surface area contributed by atoms with Crippen molar-refractivity contribution < 1.29 is 18.7 Å². The average molecular weight is 300 g/mol. The van der Waals surface area contributed by atoms with Crippen molar-refractivity contribution >= 4 is 11.6 Å². The average Bonchev–Trinajstić information content (AvgIpc) is 2.47. The van der Waals surface area contributed by atoms with Crippen LogP contribution in [0.15, 0.2) is 36.4 Å². The zero-order valence-electron chi connectivity index (χ0n) is 12.8. The van der Waals surface area contributed by atoms with Crippen LogP contribution in [-0.4, -0.2) is 18.2 Å². The number of halogens is 1. The molecule has 0 unspecified atom stereocenters. The molecule has 3 nitrogen and oxygen atoms in total. The molecule has 0 saturated carbocycles. The van der Waals surface area contributed by atoms with Gasteiger partial charge in [-0.05, 0) is 50.1 Å². The molecule has 0 aliphatic heterocycles. The van der Waals surface area contributed by atoms with Crippen LogP contribution in [0.5, 0.6) is 5.75 Å². The zero-order chi connectivity index (χ0) is 16.3. The lowest BCUT2D eigenvalue weighted by atomic mass is 10.0. The monoisotopic (exact) mass is 300 g/mol. The highest BCUT2D eigenvalue weighted by molar-refractivity contribution is 5.97. The molecule has 114 valence electrons. The molecule has 0 bridgehead atoms. The molecule has 4 heteroatoms. The number of rotatable bonds is 5. The van der Waals surface area contributed by atoms with Gasteiger partial charge in [-0.3, -0.25) is 9.59 Å². The van der Waals surface area contributed by atoms with Gasteiger partial charge in [0.25, 0.3) is 0 Å². The van der Waals surface area contributed by atoms with Crippen molar-refractivity contribution in [3.8, 4) is 5.75 Å². The van der Waals surface area contributed by atoms with Crippen LogP contribution >= 0.6 is 0 Å². The predicted octanol–water partition coefficient (Wildman–Crippen LogP) is 3.91. The lowest BCUT2D eigenvalue weighted by molar-refractivity contribution is 0.0919. The second kappa shape index (κ2) is 6.52. The Morgan fingerprint density at radius 1 is 1.05 bits per heavy atom. The molecule has 22 heavy (non-hydrogen) atoms. The third-order valence-electron chi connectivity index (χ3n) is 3.52. The summed E-state index contributed by atoms with van der Waals surface area (Å²) in [6.07, 6.45) is 0. The van der Waals surface area contributed by atoms with E-state index in [9.17, 15) is 14.0 Å². The molecule has 0 aliphatic carbocycles. The molecule has 2 aromatic carbocycles. The number of hydrogen-bond donors (Lipinski definition) is 0. The van der Waals surface area contributed by atoms with Gasteiger partial charge in [-0.2, -0.15) is 0 Å². The molecule has 0 heterocycles. The first-order valence-corrected chi connectivity index (χ1v) is 6.92. The molecule has 0 fully saturated rings. The SMILES string of the molecule is CC(=O)c1ccc(OCC(=O)c2ccc(C)c(C)c2)cc1F. The summed E-state index contributed by atoms with van der Waals surface area (Å²) in [4.78, 5) is 23.2. The predicted molar refractivity (Wildman–Crippen MR) is 82.1 cm³/mol. The smallest absolute Gasteiger partial charge is 0.200 e. The van der Waals surface area contributed by atoms with Gasteiger partial charge in [-0.15, -0.1) is 0 Å². The summed E-state index contributed by atoms with van der Waals surface area (Å²) in [5.74, 6) is -0.960. The third-order valence-corrected chi connectivity index (χ3v) is 3.52. The summed E-state index contributed by atoms with van der Waals surface area (Å²) in [5.41, 5.74) is 2.71. The van der Waals surface area contributed by atoms with E-state index >= 15 is 0 Å². The first kappa shape index (κ1) is 15.9. The second-order valence-electron chi connectivity index (χ2n) is 5.21. The van der Waals surface area contributed by atoms with Crippen LogP contribution in [0.25, 0.3) is 0 Å². The summed E-state index contributed by atoms with van der Waals surface area (Å²) in [6.45, 7) is 5.02. The Morgan fingerprint density at radius 3 is 2.36 bits per heavy atom. The lowest BCUT2D eigenvalue weighted by Gasteiger charge is -2.08. The van der Waals surface area contributed by atoms with Crippen LogP contribution in [-0.2, 0) is 0 Å². The Bertz CT molecular complexity index is 735. The molecule has 2 rings (SSSR count). The number of Topliss-reactive ketones (excluding diaryl/α,β-unsaturated/α-hetero) is 2. The molecule has 0 saturated heterocycles. The van der Waals surface area contributed by atoms with E-state index < -0.39 is 5.82 Å². The van der Waals surface area contributed by atoms with Crippen molar-refractivity contribution in [2.75, 3.05) is 6.61 Å². The zero-order valence-corrected chi connectivity index (χ0v) is 12.8. The highest BCUT2D eigenvalue weighted by Gasteiger charge is 2.11. The molecule has 0 aromatic heterocycles. The lowest BCUT2D eigenvalue weighted by Crippen LogP contribution is -2.12. The maximum absolute atomic E-state index is 13.7. The number of ketones is 2. The van der Waals surface area contributed by atoms with Gasteiger partial charge in [0, 0.05) is 11.6 Å². The highest BCUT2D eigenvalue weighted by Crippen LogP contribution is 2.18. The minimum Gasteiger partial charge on any atom is -0.485 e. The number of hydrogen-bond acceptors (Lipinski definition) is 3. The van der Waals surface area contributed by atoms with Crippen LogP contribution in [0.3, 0.4) is 0 Å². The summed E-state index contributed by atoms with van der Waals surface area (Å²) in [6, 6.07) is 9.38. The first-order chi connectivity index (χ1) is 10.4. The maximum atomic E-state index is 13.7. The number of carbonyl (C=O) groups is 2. The molecule has 0 radical (unpaired) electrons. The van der Waals surface area contributed by atoms with Crippen LogP contribution in [0.2, 0.25) is 0 Å². The molecule has 0 spiro atoms. The quantitative estimate of drug-likeness (QED) is 0.786. The Balaban J connectivity index is 2.06. The van der Waals surface area contributed by atoms with Crippen LogP contribution in [0.4, 0.5) is 4.39 Å². The van der Waals surface area contributed by atoms with Gasteiger partial charge in [0.2, 0.25) is 0 Å². The first-order valence-electron chi connectivity index (χ1n) is 6.92. The molecule has 0 atom stereocenters. The number of carbonyl (C=O) groups excluding carboxylic acids is 2. The summed E-state index contributed by atoms with van der Waals surface area (Å²) >= 11 is 0. The fourth-order valence-electron chi connectivity index (χ4n) is 2.02. The normalized spacial score (nSPS) is 10.4. The van der Waals surface area contributed by atoms with Crippen molar-refractivity contribution in [1.29, 1.82) is 0 Å². The van der Waals surface area contributed by atoms with Crippen molar-refractivity contribution in [2.24, 2.45) is 0 Å². The highest BCUT2D eigenvalue weighted by atomic mass is 19.1. The maximum Gasteiger partial charge on any atom is 0.200 e. The van der Waals surface area contributed by atoms with Gasteiger partial charge >= 0.3 is 0 Å². The molecule has 0 aliphatic rings. The van der Waals surface area contributed by atoms with E-state index in [1.165, 1.54) is 19.1 Å². The number of benzene rings is 2. The van der Waals surface area contributed by atoms with Crippen molar-refractivity contribution in [3.05, 3.63) is 64.5 Å². The Kier molecular flexibility index (Phi) is 4.71. The van der Waals surface area contributed by atoms with E-state index in [2.05, 4.69) is 0 Å².